The van der Waals surface area contributed by atoms with Gasteiger partial charge in [0, 0.05) is 0 Å². The molecule has 0 aliphatic heterocycles. The Labute approximate surface area is 60.4 Å². The summed E-state index contributed by atoms with van der Waals surface area (Å²) in [4.78, 5) is 0. The van der Waals surface area contributed by atoms with E-state index in [4.69, 9.17) is 9.15 Å². The summed E-state index contributed by atoms with van der Waals surface area (Å²) in [6.45, 7) is 3.80. The van der Waals surface area contributed by atoms with Crippen molar-refractivity contribution < 1.29 is 9.15 Å². The second-order valence-electron chi connectivity index (χ2n) is 2.22. The molecule has 0 fully saturated rings. The lowest BCUT2D eigenvalue weighted by Gasteiger charge is -1.93. The van der Waals surface area contributed by atoms with E-state index in [1.165, 1.54) is 0 Å². The van der Waals surface area contributed by atoms with Crippen molar-refractivity contribution in [2.75, 3.05) is 7.11 Å². The Morgan fingerprint density at radius 2 is 1.70 bits per heavy atom. The molecule has 0 radical (unpaired) electrons. The minimum absolute atomic E-state index is 0.848. The Morgan fingerprint density at radius 3 is 2.10 bits per heavy atom. The van der Waals surface area contributed by atoms with E-state index in [1.807, 2.05) is 26.0 Å². The van der Waals surface area contributed by atoms with Gasteiger partial charge in [0.15, 0.2) is 0 Å². The van der Waals surface area contributed by atoms with Gasteiger partial charge in [0.05, 0.1) is 33.1 Å². The molecule has 2 heteroatoms. The summed E-state index contributed by atoms with van der Waals surface area (Å²) in [5.74, 6) is 2.59. The largest absolute Gasteiger partial charge is 0.496 e. The molecule has 1 aromatic heterocycles. The standard InChI is InChI=1S/C8H11O2/c1-6-4-8(9-3)5-7(2)10-6/h4-5H,1-3H3/q+1. The second-order valence-corrected chi connectivity index (χ2v) is 2.22. The van der Waals surface area contributed by atoms with Crippen LogP contribution in [0.3, 0.4) is 0 Å². The smallest absolute Gasteiger partial charge is 0.330 e. The van der Waals surface area contributed by atoms with E-state index in [-0.39, 0.29) is 0 Å². The molecule has 0 saturated carbocycles. The highest BCUT2D eigenvalue weighted by Crippen LogP contribution is 2.14. The molecular formula is C8H11O2+. The predicted molar refractivity (Wildman–Crippen MR) is 39.1 cm³/mol. The summed E-state index contributed by atoms with van der Waals surface area (Å²) >= 11 is 0. The molecular weight excluding hydrogens is 128 g/mol. The van der Waals surface area contributed by atoms with Crippen molar-refractivity contribution in [1.82, 2.24) is 0 Å². The van der Waals surface area contributed by atoms with Crippen LogP contribution in [0.1, 0.15) is 11.5 Å². The van der Waals surface area contributed by atoms with E-state index in [2.05, 4.69) is 0 Å². The molecule has 10 heavy (non-hydrogen) atoms. The summed E-state index contributed by atoms with van der Waals surface area (Å²) < 4.78 is 10.3. The summed E-state index contributed by atoms with van der Waals surface area (Å²) in [5.41, 5.74) is 0. The predicted octanol–water partition coefficient (Wildman–Crippen LogP) is 2.19. The fraction of sp³-hybridized carbons (Fsp3) is 0.375. The molecule has 1 rings (SSSR count). The maximum atomic E-state index is 5.24. The number of aryl methyl sites for hydroxylation is 2. The third-order valence-corrected chi connectivity index (χ3v) is 1.25. The van der Waals surface area contributed by atoms with Crippen molar-refractivity contribution in [3.05, 3.63) is 23.7 Å². The molecule has 2 nitrogen and oxygen atoms in total. The van der Waals surface area contributed by atoms with Crippen molar-refractivity contribution in [1.29, 1.82) is 0 Å². The Bertz CT molecular complexity index is 210. The summed E-state index contributed by atoms with van der Waals surface area (Å²) in [6.07, 6.45) is 0. The van der Waals surface area contributed by atoms with Crippen molar-refractivity contribution >= 4 is 0 Å². The first-order valence-corrected chi connectivity index (χ1v) is 3.18. The Morgan fingerprint density at radius 1 is 1.20 bits per heavy atom. The van der Waals surface area contributed by atoms with Crippen molar-refractivity contribution in [2.45, 2.75) is 13.8 Å². The molecule has 0 N–H and O–H groups in total. The number of hydrogen-bond donors (Lipinski definition) is 0. The second kappa shape index (κ2) is 2.69. The lowest BCUT2D eigenvalue weighted by atomic mass is 10.3. The van der Waals surface area contributed by atoms with Gasteiger partial charge in [-0.15, -0.1) is 0 Å². The summed E-state index contributed by atoms with van der Waals surface area (Å²) in [5, 5.41) is 0. The zero-order chi connectivity index (χ0) is 7.56. The molecule has 0 aliphatic rings. The first-order valence-electron chi connectivity index (χ1n) is 3.18. The molecule has 0 spiro atoms. The minimum atomic E-state index is 0.848. The maximum Gasteiger partial charge on any atom is 0.330 e. The normalized spacial score (nSPS) is 9.50. The zero-order valence-electron chi connectivity index (χ0n) is 6.47. The van der Waals surface area contributed by atoms with Gasteiger partial charge < -0.3 is 4.74 Å². The van der Waals surface area contributed by atoms with Crippen LogP contribution in [0.5, 0.6) is 5.75 Å². The van der Waals surface area contributed by atoms with Gasteiger partial charge in [-0.2, -0.15) is 0 Å². The maximum absolute atomic E-state index is 5.24. The molecule has 0 aliphatic carbocycles. The SMILES string of the molecule is COc1cc(C)[o+]c(C)c1. The molecule has 54 valence electrons. The quantitative estimate of drug-likeness (QED) is 0.556. The van der Waals surface area contributed by atoms with Gasteiger partial charge in [0.2, 0.25) is 0 Å². The van der Waals surface area contributed by atoms with Crippen molar-refractivity contribution in [3.63, 3.8) is 0 Å². The first-order chi connectivity index (χ1) is 4.72. The van der Waals surface area contributed by atoms with Gasteiger partial charge in [-0.3, -0.25) is 0 Å². The highest BCUT2D eigenvalue weighted by Gasteiger charge is 2.06. The number of ether oxygens (including phenoxy) is 1. The van der Waals surface area contributed by atoms with Crippen LogP contribution < -0.4 is 4.74 Å². The number of rotatable bonds is 1. The molecule has 0 amide bonds. The van der Waals surface area contributed by atoms with E-state index < -0.39 is 0 Å². The van der Waals surface area contributed by atoms with Gasteiger partial charge in [-0.1, -0.05) is 0 Å². The Kier molecular flexibility index (Phi) is 1.90. The lowest BCUT2D eigenvalue weighted by molar-refractivity contribution is 0.398. The molecule has 1 heterocycles. The minimum Gasteiger partial charge on any atom is -0.496 e. The third kappa shape index (κ3) is 1.47. The van der Waals surface area contributed by atoms with Gasteiger partial charge in [-0.05, 0) is 0 Å². The van der Waals surface area contributed by atoms with Crippen molar-refractivity contribution in [3.8, 4) is 5.75 Å². The molecule has 0 saturated heterocycles. The van der Waals surface area contributed by atoms with E-state index >= 15 is 0 Å². The number of methoxy groups -OCH3 is 1. The van der Waals surface area contributed by atoms with Gasteiger partial charge >= 0.3 is 11.5 Å². The molecule has 0 atom stereocenters. The van der Waals surface area contributed by atoms with Gasteiger partial charge in [0.25, 0.3) is 0 Å². The number of hydrogen-bond acceptors (Lipinski definition) is 1. The van der Waals surface area contributed by atoms with E-state index in [1.54, 1.807) is 7.11 Å². The van der Waals surface area contributed by atoms with E-state index in [0.717, 1.165) is 17.3 Å². The topological polar surface area (TPSA) is 20.5 Å². The van der Waals surface area contributed by atoms with E-state index in [0.29, 0.717) is 0 Å². The van der Waals surface area contributed by atoms with Crippen LogP contribution in [0.2, 0.25) is 0 Å². The average Bonchev–Trinajstić information content (AvgIpc) is 1.85. The van der Waals surface area contributed by atoms with Crippen LogP contribution in [0.4, 0.5) is 0 Å². The average molecular weight is 139 g/mol. The summed E-state index contributed by atoms with van der Waals surface area (Å²) in [7, 11) is 1.65. The Balaban J connectivity index is 3.06. The highest BCUT2D eigenvalue weighted by atomic mass is 16.5. The molecule has 1 aromatic rings. The van der Waals surface area contributed by atoms with Crippen LogP contribution in [0, 0.1) is 13.8 Å². The summed E-state index contributed by atoms with van der Waals surface area (Å²) in [6, 6.07) is 3.71. The fourth-order valence-electron chi connectivity index (χ4n) is 0.873. The van der Waals surface area contributed by atoms with Crippen LogP contribution in [-0.2, 0) is 0 Å². The van der Waals surface area contributed by atoms with Crippen LogP contribution in [0.15, 0.2) is 16.5 Å². The van der Waals surface area contributed by atoms with Crippen LogP contribution in [-0.4, -0.2) is 7.11 Å². The van der Waals surface area contributed by atoms with Gasteiger partial charge in [0.1, 0.15) is 5.75 Å². The zero-order valence-corrected chi connectivity index (χ0v) is 6.47. The molecule has 0 aromatic carbocycles. The third-order valence-electron chi connectivity index (χ3n) is 1.25. The monoisotopic (exact) mass is 139 g/mol. The van der Waals surface area contributed by atoms with Crippen molar-refractivity contribution in [2.24, 2.45) is 0 Å². The van der Waals surface area contributed by atoms with E-state index in [9.17, 15) is 0 Å². The lowest BCUT2D eigenvalue weighted by Crippen LogP contribution is -1.84. The fourth-order valence-corrected chi connectivity index (χ4v) is 0.873. The molecule has 0 unspecified atom stereocenters. The molecule has 0 bridgehead atoms. The highest BCUT2D eigenvalue weighted by molar-refractivity contribution is 5.22. The van der Waals surface area contributed by atoms with Crippen LogP contribution >= 0.6 is 0 Å². The first kappa shape index (κ1) is 7.06. The van der Waals surface area contributed by atoms with Gasteiger partial charge in [-0.25, -0.2) is 4.42 Å². The van der Waals surface area contributed by atoms with Crippen LogP contribution in [0.25, 0.3) is 0 Å². The Hall–Kier alpha value is -1.05.